The average Bonchev–Trinajstić information content (AvgIpc) is 2.63. The van der Waals surface area contributed by atoms with E-state index in [1.165, 1.54) is 16.6 Å². The van der Waals surface area contributed by atoms with Crippen LogP contribution in [-0.4, -0.2) is 12.2 Å². The molecule has 0 saturated carbocycles. The quantitative estimate of drug-likeness (QED) is 0.377. The summed E-state index contributed by atoms with van der Waals surface area (Å²) in [5.74, 6) is 0. The molecule has 0 aromatic heterocycles. The molecule has 0 aliphatic rings. The molecule has 3 rings (SSSR count). The van der Waals surface area contributed by atoms with Crippen LogP contribution >= 0.6 is 20.9 Å². The van der Waals surface area contributed by atoms with Gasteiger partial charge in [0.15, 0.2) is 0 Å². The van der Waals surface area contributed by atoms with Gasteiger partial charge in [-0.25, -0.2) is 0 Å². The molecule has 0 aliphatic carbocycles. The van der Waals surface area contributed by atoms with Crippen LogP contribution < -0.4 is 9.97 Å². The third-order valence-corrected chi connectivity index (χ3v) is 12.5. The number of benzene rings is 3. The Kier molecular flexibility index (Phi) is 5.52. The van der Waals surface area contributed by atoms with Gasteiger partial charge in [-0.1, -0.05) is 0 Å². The number of hydrogen-bond donors (Lipinski definition) is 0. The molecule has 0 fully saturated rings. The summed E-state index contributed by atoms with van der Waals surface area (Å²) in [6.07, 6.45) is 0.961. The predicted molar refractivity (Wildman–Crippen MR) is 127 cm³/mol. The van der Waals surface area contributed by atoms with Gasteiger partial charge in [-0.2, -0.15) is 0 Å². The van der Waals surface area contributed by atoms with Crippen molar-refractivity contribution >= 4 is 31.9 Å². The molecule has 0 spiro atoms. The molecule has 0 amide bonds. The molecule has 1 nitrogen and oxygen atoms in total. The molecule has 3 aromatic rings. The molecule has 0 unspecified atom stereocenters. The van der Waals surface area contributed by atoms with Gasteiger partial charge in [0.1, 0.15) is 0 Å². The van der Waals surface area contributed by atoms with Crippen molar-refractivity contribution in [3.8, 4) is 0 Å². The van der Waals surface area contributed by atoms with Crippen LogP contribution in [0.3, 0.4) is 0 Å². The van der Waals surface area contributed by atoms with Gasteiger partial charge in [0.25, 0.3) is 0 Å². The van der Waals surface area contributed by atoms with Gasteiger partial charge in [0, 0.05) is 0 Å². The second-order valence-electron chi connectivity index (χ2n) is 8.39. The summed E-state index contributed by atoms with van der Waals surface area (Å²) >= 11 is 4.43. The average molecular weight is 442 g/mol. The van der Waals surface area contributed by atoms with Crippen LogP contribution in [0.1, 0.15) is 26.3 Å². The molecule has 0 bridgehead atoms. The molecule has 0 heterocycles. The van der Waals surface area contributed by atoms with E-state index < -0.39 is 5.46 Å². The van der Waals surface area contributed by atoms with E-state index in [1.54, 1.807) is 0 Å². The predicted octanol–water partition coefficient (Wildman–Crippen LogP) is 7.23. The monoisotopic (exact) mass is 441 g/mol. The Morgan fingerprint density at radius 1 is 0.741 bits per heavy atom. The first-order chi connectivity index (χ1) is 12.7. The van der Waals surface area contributed by atoms with Gasteiger partial charge in [-0.15, -0.1) is 0 Å². The molecule has 0 N–H and O–H groups in total. The van der Waals surface area contributed by atoms with Crippen molar-refractivity contribution in [3.05, 3.63) is 96.6 Å². The van der Waals surface area contributed by atoms with Crippen molar-refractivity contribution in [3.63, 3.8) is 0 Å². The molecular formula is C24H29BrNP. The van der Waals surface area contributed by atoms with Gasteiger partial charge < -0.3 is 0 Å². The zero-order valence-electron chi connectivity index (χ0n) is 16.6. The first-order valence-electron chi connectivity index (χ1n) is 9.39. The summed E-state index contributed by atoms with van der Waals surface area (Å²) in [6.45, 7) is 9.35. The Hall–Kier alpha value is -1.63. The zero-order valence-corrected chi connectivity index (χ0v) is 19.1. The fourth-order valence-corrected chi connectivity index (χ4v) is 12.5. The molecule has 0 atom stereocenters. The molecule has 3 heteroatoms. The fraction of sp³-hybridized carbons (Fsp3) is 0.250. The van der Waals surface area contributed by atoms with Crippen LogP contribution in [0.15, 0.2) is 91.0 Å². The summed E-state index contributed by atoms with van der Waals surface area (Å²) in [4.78, 5) is 0. The molecule has 0 radical (unpaired) electrons. The SMILES string of the molecule is CC(C)(C)N(c1ccccc1)P(C)(Br)(Cc1ccccc1)c1ccccc1. The Labute approximate surface area is 172 Å². The van der Waals surface area contributed by atoms with Crippen LogP contribution in [-0.2, 0) is 6.16 Å². The zero-order chi connectivity index (χ0) is 19.6. The molecule has 0 saturated heterocycles. The third kappa shape index (κ3) is 4.13. The van der Waals surface area contributed by atoms with Gasteiger partial charge in [0.05, 0.1) is 0 Å². The number of rotatable bonds is 5. The van der Waals surface area contributed by atoms with Crippen LogP contribution in [0.4, 0.5) is 5.69 Å². The maximum absolute atomic E-state index is 4.43. The van der Waals surface area contributed by atoms with E-state index in [2.05, 4.69) is 139 Å². The topological polar surface area (TPSA) is 3.24 Å². The van der Waals surface area contributed by atoms with Crippen molar-refractivity contribution in [2.45, 2.75) is 32.5 Å². The van der Waals surface area contributed by atoms with E-state index in [0.717, 1.165) is 6.16 Å². The van der Waals surface area contributed by atoms with Crippen LogP contribution in [0.25, 0.3) is 0 Å². The van der Waals surface area contributed by atoms with E-state index in [0.29, 0.717) is 0 Å². The Balaban J connectivity index is 2.28. The number of nitrogens with zero attached hydrogens (tertiary/aromatic N) is 1. The van der Waals surface area contributed by atoms with E-state index in [-0.39, 0.29) is 5.54 Å². The Bertz CT molecular complexity index is 871. The van der Waals surface area contributed by atoms with Crippen LogP contribution in [0, 0.1) is 0 Å². The van der Waals surface area contributed by atoms with Gasteiger partial charge in [0.2, 0.25) is 0 Å². The maximum atomic E-state index is 4.43. The molecule has 142 valence electrons. The van der Waals surface area contributed by atoms with Crippen molar-refractivity contribution in [1.29, 1.82) is 0 Å². The van der Waals surface area contributed by atoms with Crippen molar-refractivity contribution < 1.29 is 0 Å². The van der Waals surface area contributed by atoms with E-state index in [1.807, 2.05) is 0 Å². The second kappa shape index (κ2) is 7.41. The van der Waals surface area contributed by atoms with E-state index in [9.17, 15) is 0 Å². The summed E-state index contributed by atoms with van der Waals surface area (Å²) in [6, 6.07) is 32.6. The summed E-state index contributed by atoms with van der Waals surface area (Å²) in [5, 5.41) is 1.37. The van der Waals surface area contributed by atoms with Crippen molar-refractivity contribution in [2.24, 2.45) is 0 Å². The first-order valence-corrected chi connectivity index (χ1v) is 14.2. The molecule has 27 heavy (non-hydrogen) atoms. The third-order valence-electron chi connectivity index (χ3n) is 4.96. The number of anilines is 1. The van der Waals surface area contributed by atoms with Gasteiger partial charge in [-0.05, 0) is 0 Å². The Morgan fingerprint density at radius 3 is 1.67 bits per heavy atom. The first kappa shape index (κ1) is 20.1. The summed E-state index contributed by atoms with van der Waals surface area (Å²) in [7, 11) is 0. The van der Waals surface area contributed by atoms with E-state index in [4.69, 9.17) is 0 Å². The van der Waals surface area contributed by atoms with Crippen LogP contribution in [0.2, 0.25) is 0 Å². The summed E-state index contributed by atoms with van der Waals surface area (Å²) < 4.78 is 2.64. The second-order valence-corrected chi connectivity index (χ2v) is 18.4. The van der Waals surface area contributed by atoms with Crippen LogP contribution in [0.5, 0.6) is 0 Å². The molecular weight excluding hydrogens is 413 g/mol. The Morgan fingerprint density at radius 2 is 1.19 bits per heavy atom. The molecule has 3 aromatic carbocycles. The summed E-state index contributed by atoms with van der Waals surface area (Å²) in [5.41, 5.74) is -0.185. The van der Waals surface area contributed by atoms with Gasteiger partial charge >= 0.3 is 172 Å². The molecule has 0 aliphatic heterocycles. The van der Waals surface area contributed by atoms with Crippen molar-refractivity contribution in [1.82, 2.24) is 0 Å². The van der Waals surface area contributed by atoms with Gasteiger partial charge in [-0.3, -0.25) is 0 Å². The number of hydrogen-bond acceptors (Lipinski definition) is 1. The minimum absolute atomic E-state index is 0.0535. The number of halogens is 1. The minimum atomic E-state index is -2.73. The van der Waals surface area contributed by atoms with Crippen molar-refractivity contribution in [2.75, 3.05) is 11.3 Å². The standard InChI is InChI=1S/C24H29BrNP/c1-24(2,3)26(22-16-10-6-11-17-22)27(4,25,23-18-12-7-13-19-23)20-21-14-8-5-9-15-21/h5-19H,20H2,1-4H3. The number of para-hydroxylation sites is 1. The normalized spacial score (nSPS) is 13.6. The fourth-order valence-electron chi connectivity index (χ4n) is 4.12. The van der Waals surface area contributed by atoms with E-state index >= 15 is 0 Å².